The number of aliphatic imine (C=N–C) groups is 1. The van der Waals surface area contributed by atoms with Gasteiger partial charge in [-0.2, -0.15) is 0 Å². The average Bonchev–Trinajstić information content (AvgIpc) is 3.39. The highest BCUT2D eigenvalue weighted by Gasteiger charge is 2.29. The van der Waals surface area contributed by atoms with Gasteiger partial charge in [-0.05, 0) is 50.3 Å². The Morgan fingerprint density at radius 3 is 2.57 bits per heavy atom. The number of nitrogens with one attached hydrogen (secondary N) is 3. The molecule has 0 aliphatic carbocycles. The maximum Gasteiger partial charge on any atom is 0.240 e. The SMILES string of the molecule is CN=C(NCc1ccc(S(=O)(=O)NCC2CCCO2)cc1)NCC1(C)CCCO1.I. The van der Waals surface area contributed by atoms with Crippen LogP contribution in [0.15, 0.2) is 34.2 Å². The normalized spacial score (nSPS) is 24.5. The molecule has 170 valence electrons. The van der Waals surface area contributed by atoms with Gasteiger partial charge in [-0.1, -0.05) is 12.1 Å². The number of sulfonamides is 1. The van der Waals surface area contributed by atoms with Crippen LogP contribution in [0.5, 0.6) is 0 Å². The predicted octanol–water partition coefficient (Wildman–Crippen LogP) is 2.00. The summed E-state index contributed by atoms with van der Waals surface area (Å²) in [5.41, 5.74) is 0.818. The fourth-order valence-corrected chi connectivity index (χ4v) is 4.60. The molecule has 2 heterocycles. The van der Waals surface area contributed by atoms with E-state index in [0.29, 0.717) is 32.2 Å². The first-order chi connectivity index (χ1) is 13.9. The molecule has 0 aromatic heterocycles. The second-order valence-electron chi connectivity index (χ2n) is 7.81. The second kappa shape index (κ2) is 11.6. The number of nitrogens with zero attached hydrogens (tertiary/aromatic N) is 1. The second-order valence-corrected chi connectivity index (χ2v) is 9.58. The Labute approximate surface area is 196 Å². The van der Waals surface area contributed by atoms with Crippen molar-refractivity contribution in [2.75, 3.05) is 33.4 Å². The number of halogens is 1. The molecular formula is C20H33IN4O4S. The van der Waals surface area contributed by atoms with Crippen molar-refractivity contribution in [2.24, 2.45) is 4.99 Å². The van der Waals surface area contributed by atoms with Crippen molar-refractivity contribution in [3.05, 3.63) is 29.8 Å². The van der Waals surface area contributed by atoms with E-state index in [0.717, 1.165) is 37.9 Å². The number of hydrogen-bond acceptors (Lipinski definition) is 5. The number of guanidine groups is 1. The van der Waals surface area contributed by atoms with E-state index in [-0.39, 0.29) is 40.6 Å². The van der Waals surface area contributed by atoms with Crippen LogP contribution in [0.4, 0.5) is 0 Å². The van der Waals surface area contributed by atoms with Crippen LogP contribution >= 0.6 is 24.0 Å². The molecule has 1 aromatic rings. The zero-order valence-electron chi connectivity index (χ0n) is 17.6. The molecule has 0 saturated carbocycles. The van der Waals surface area contributed by atoms with E-state index < -0.39 is 10.0 Å². The number of ether oxygens (including phenoxy) is 2. The van der Waals surface area contributed by atoms with Gasteiger partial charge in [0.15, 0.2) is 5.96 Å². The molecule has 3 N–H and O–H groups in total. The van der Waals surface area contributed by atoms with E-state index in [2.05, 4.69) is 27.3 Å². The van der Waals surface area contributed by atoms with Crippen LogP contribution in [0.2, 0.25) is 0 Å². The van der Waals surface area contributed by atoms with Crippen molar-refractivity contribution in [3.63, 3.8) is 0 Å². The van der Waals surface area contributed by atoms with Crippen molar-refractivity contribution in [1.82, 2.24) is 15.4 Å². The number of hydrogen-bond donors (Lipinski definition) is 3. The Morgan fingerprint density at radius 2 is 1.97 bits per heavy atom. The van der Waals surface area contributed by atoms with E-state index in [1.807, 2.05) is 12.1 Å². The van der Waals surface area contributed by atoms with Gasteiger partial charge in [0.25, 0.3) is 0 Å². The van der Waals surface area contributed by atoms with Crippen LogP contribution in [0, 0.1) is 0 Å². The molecule has 0 radical (unpaired) electrons. The Morgan fingerprint density at radius 1 is 1.20 bits per heavy atom. The molecule has 30 heavy (non-hydrogen) atoms. The zero-order valence-corrected chi connectivity index (χ0v) is 20.8. The summed E-state index contributed by atoms with van der Waals surface area (Å²) in [7, 11) is -1.80. The lowest BCUT2D eigenvalue weighted by Crippen LogP contribution is -2.45. The molecule has 2 fully saturated rings. The van der Waals surface area contributed by atoms with Gasteiger partial charge >= 0.3 is 0 Å². The summed E-state index contributed by atoms with van der Waals surface area (Å²) in [4.78, 5) is 4.49. The lowest BCUT2D eigenvalue weighted by atomic mass is 10.0. The van der Waals surface area contributed by atoms with E-state index in [1.165, 1.54) is 0 Å². The standard InChI is InChI=1S/C20H32N4O4S.HI/c1-20(10-4-12-28-20)15-23-19(21-2)22-13-16-6-8-18(9-7-16)29(25,26)24-14-17-5-3-11-27-17;/h6-9,17,24H,3-5,10-15H2,1-2H3,(H2,21,22,23);1H. The third-order valence-corrected chi connectivity index (χ3v) is 6.81. The molecule has 2 atom stereocenters. The highest BCUT2D eigenvalue weighted by Crippen LogP contribution is 2.23. The van der Waals surface area contributed by atoms with Gasteiger partial charge in [0, 0.05) is 39.9 Å². The largest absolute Gasteiger partial charge is 0.377 e. The summed E-state index contributed by atoms with van der Waals surface area (Å²) in [6.07, 6.45) is 3.98. The molecule has 0 bridgehead atoms. The van der Waals surface area contributed by atoms with Gasteiger partial charge in [0.1, 0.15) is 0 Å². The fraction of sp³-hybridized carbons (Fsp3) is 0.650. The molecule has 10 heteroatoms. The van der Waals surface area contributed by atoms with Gasteiger partial charge in [-0.25, -0.2) is 13.1 Å². The molecule has 2 aliphatic heterocycles. The molecule has 0 spiro atoms. The Kier molecular flexibility index (Phi) is 9.79. The van der Waals surface area contributed by atoms with Crippen molar-refractivity contribution in [1.29, 1.82) is 0 Å². The van der Waals surface area contributed by atoms with Crippen LogP contribution in [-0.2, 0) is 26.0 Å². The summed E-state index contributed by atoms with van der Waals surface area (Å²) in [5, 5.41) is 6.55. The molecular weight excluding hydrogens is 519 g/mol. The van der Waals surface area contributed by atoms with E-state index in [4.69, 9.17) is 9.47 Å². The molecule has 2 saturated heterocycles. The summed E-state index contributed by atoms with van der Waals surface area (Å²) in [5.74, 6) is 0.691. The summed E-state index contributed by atoms with van der Waals surface area (Å²) < 4.78 is 38.7. The topological polar surface area (TPSA) is 101 Å². The van der Waals surface area contributed by atoms with Gasteiger partial charge < -0.3 is 20.1 Å². The van der Waals surface area contributed by atoms with Crippen molar-refractivity contribution in [2.45, 2.75) is 55.8 Å². The molecule has 3 rings (SSSR count). The molecule has 0 amide bonds. The first-order valence-corrected chi connectivity index (χ1v) is 11.7. The highest BCUT2D eigenvalue weighted by molar-refractivity contribution is 14.0. The minimum atomic E-state index is -3.53. The van der Waals surface area contributed by atoms with Crippen molar-refractivity contribution >= 4 is 40.0 Å². The van der Waals surface area contributed by atoms with Gasteiger partial charge in [-0.15, -0.1) is 24.0 Å². The summed E-state index contributed by atoms with van der Waals surface area (Å²) in [6.45, 7) is 5.17. The smallest absolute Gasteiger partial charge is 0.240 e. The fourth-order valence-electron chi connectivity index (χ4n) is 3.53. The Balaban J connectivity index is 0.00000320. The summed E-state index contributed by atoms with van der Waals surface area (Å²) >= 11 is 0. The zero-order chi connectivity index (χ0) is 20.7. The quantitative estimate of drug-likeness (QED) is 0.259. The molecule has 8 nitrogen and oxygen atoms in total. The summed E-state index contributed by atoms with van der Waals surface area (Å²) in [6, 6.07) is 6.86. The Hall–Kier alpha value is -0.950. The molecule has 2 unspecified atom stereocenters. The maximum absolute atomic E-state index is 12.4. The first kappa shape index (κ1) is 25.3. The first-order valence-electron chi connectivity index (χ1n) is 10.2. The number of benzene rings is 1. The van der Waals surface area contributed by atoms with Gasteiger partial charge in [0.05, 0.1) is 16.6 Å². The minimum absolute atomic E-state index is 0. The predicted molar refractivity (Wildman–Crippen MR) is 128 cm³/mol. The maximum atomic E-state index is 12.4. The highest BCUT2D eigenvalue weighted by atomic mass is 127. The van der Waals surface area contributed by atoms with Crippen molar-refractivity contribution < 1.29 is 17.9 Å². The average molecular weight is 552 g/mol. The third-order valence-electron chi connectivity index (χ3n) is 5.37. The Bertz CT molecular complexity index is 790. The molecule has 2 aliphatic rings. The van der Waals surface area contributed by atoms with Gasteiger partial charge in [-0.3, -0.25) is 4.99 Å². The van der Waals surface area contributed by atoms with Crippen molar-refractivity contribution in [3.8, 4) is 0 Å². The van der Waals surface area contributed by atoms with Crippen LogP contribution in [-0.4, -0.2) is 59.4 Å². The minimum Gasteiger partial charge on any atom is -0.377 e. The van der Waals surface area contributed by atoms with Crippen LogP contribution < -0.4 is 15.4 Å². The van der Waals surface area contributed by atoms with Crippen LogP contribution in [0.25, 0.3) is 0 Å². The lowest BCUT2D eigenvalue weighted by molar-refractivity contribution is 0.0243. The monoisotopic (exact) mass is 552 g/mol. The van der Waals surface area contributed by atoms with Crippen LogP contribution in [0.1, 0.15) is 38.2 Å². The van der Waals surface area contributed by atoms with E-state index in [9.17, 15) is 8.42 Å². The van der Waals surface area contributed by atoms with E-state index >= 15 is 0 Å². The third kappa shape index (κ3) is 7.33. The molecule has 1 aromatic carbocycles. The van der Waals surface area contributed by atoms with Gasteiger partial charge in [0.2, 0.25) is 10.0 Å². The lowest BCUT2D eigenvalue weighted by Gasteiger charge is -2.24. The van der Waals surface area contributed by atoms with Crippen LogP contribution in [0.3, 0.4) is 0 Å². The van der Waals surface area contributed by atoms with E-state index in [1.54, 1.807) is 19.2 Å². The number of rotatable bonds is 8.